The minimum Gasteiger partial charge on any atom is -0.481 e. The van der Waals surface area contributed by atoms with Gasteiger partial charge in [0.05, 0.1) is 0 Å². The van der Waals surface area contributed by atoms with Gasteiger partial charge in [-0.25, -0.2) is 4.39 Å². The fourth-order valence-electron chi connectivity index (χ4n) is 2.24. The molecule has 0 fully saturated rings. The van der Waals surface area contributed by atoms with Gasteiger partial charge in [0.2, 0.25) is 0 Å². The van der Waals surface area contributed by atoms with E-state index in [2.05, 4.69) is 16.2 Å². The molecule has 2 aromatic carbocycles. The van der Waals surface area contributed by atoms with Crippen LogP contribution >= 0.6 is 0 Å². The fraction of sp³-hybridized carbons (Fsp3) is 0.250. The normalized spacial score (nSPS) is 12.4. The zero-order valence-corrected chi connectivity index (χ0v) is 15.8. The lowest BCUT2D eigenvalue weighted by Crippen LogP contribution is -2.53. The molecule has 0 saturated carbocycles. The molecule has 28 heavy (non-hydrogen) atoms. The van der Waals surface area contributed by atoms with Crippen LogP contribution in [0.1, 0.15) is 29.8 Å². The summed E-state index contributed by atoms with van der Waals surface area (Å²) in [5.41, 5.74) is 5.82. The number of benzene rings is 2. The maximum Gasteiger partial charge on any atom is 0.279 e. The maximum atomic E-state index is 12.9. The molecule has 3 N–H and O–H groups in total. The topological polar surface area (TPSA) is 96.5 Å². The van der Waals surface area contributed by atoms with Crippen LogP contribution in [0.15, 0.2) is 48.5 Å². The number of nitrogens with one attached hydrogen (secondary N) is 3. The second kappa shape index (κ2) is 9.50. The first-order chi connectivity index (χ1) is 13.3. The SMILES string of the molecule is Cc1cccc(C(=O)N[C@@H](C)C(=O)NNC(=O)[C@@H](C)Oc2ccc(F)cc2)c1. The van der Waals surface area contributed by atoms with Gasteiger partial charge in [-0.05, 0) is 57.2 Å². The van der Waals surface area contributed by atoms with E-state index in [1.165, 1.54) is 38.1 Å². The van der Waals surface area contributed by atoms with Crippen molar-refractivity contribution in [3.63, 3.8) is 0 Å². The first kappa shape index (κ1) is 20.9. The molecule has 3 amide bonds. The summed E-state index contributed by atoms with van der Waals surface area (Å²) in [7, 11) is 0. The highest BCUT2D eigenvalue weighted by Crippen LogP contribution is 2.12. The van der Waals surface area contributed by atoms with Gasteiger partial charge in [0.25, 0.3) is 17.7 Å². The molecule has 0 radical (unpaired) electrons. The molecule has 2 aromatic rings. The molecule has 7 nitrogen and oxygen atoms in total. The van der Waals surface area contributed by atoms with E-state index < -0.39 is 35.7 Å². The van der Waals surface area contributed by atoms with Crippen molar-refractivity contribution in [1.29, 1.82) is 0 Å². The summed E-state index contributed by atoms with van der Waals surface area (Å²) in [5, 5.41) is 2.55. The number of hydrogen-bond acceptors (Lipinski definition) is 4. The minimum absolute atomic E-state index is 0.314. The van der Waals surface area contributed by atoms with E-state index in [0.717, 1.165) is 5.56 Å². The lowest BCUT2D eigenvalue weighted by atomic mass is 10.1. The molecule has 2 rings (SSSR count). The predicted molar refractivity (Wildman–Crippen MR) is 101 cm³/mol. The Kier molecular flexibility index (Phi) is 7.08. The van der Waals surface area contributed by atoms with Crippen LogP contribution in [0.2, 0.25) is 0 Å². The van der Waals surface area contributed by atoms with E-state index in [1.54, 1.807) is 18.2 Å². The summed E-state index contributed by atoms with van der Waals surface area (Å²) < 4.78 is 18.2. The Morgan fingerprint density at radius 3 is 2.25 bits per heavy atom. The molecular formula is C20H22FN3O4. The molecule has 0 spiro atoms. The number of carbonyl (C=O) groups excluding carboxylic acids is 3. The molecule has 0 unspecified atom stereocenters. The third kappa shape index (κ3) is 6.08. The summed E-state index contributed by atoms with van der Waals surface area (Å²) in [6.07, 6.45) is -0.928. The average Bonchev–Trinajstić information content (AvgIpc) is 2.67. The van der Waals surface area contributed by atoms with Crippen molar-refractivity contribution in [3.05, 3.63) is 65.5 Å². The number of hydrogen-bond donors (Lipinski definition) is 3. The molecule has 0 aliphatic heterocycles. The van der Waals surface area contributed by atoms with Crippen LogP contribution in [0.4, 0.5) is 4.39 Å². The largest absolute Gasteiger partial charge is 0.481 e. The van der Waals surface area contributed by atoms with E-state index in [4.69, 9.17) is 4.74 Å². The molecule has 0 saturated heterocycles. The zero-order chi connectivity index (χ0) is 20.7. The summed E-state index contributed by atoms with van der Waals surface area (Å²) in [6, 6.07) is 11.3. The van der Waals surface area contributed by atoms with Crippen molar-refractivity contribution >= 4 is 17.7 Å². The Labute approximate surface area is 162 Å². The summed E-state index contributed by atoms with van der Waals surface area (Å²) >= 11 is 0. The molecule has 0 heterocycles. The van der Waals surface area contributed by atoms with Gasteiger partial charge in [-0.1, -0.05) is 17.7 Å². The third-order valence-corrected chi connectivity index (χ3v) is 3.83. The first-order valence-corrected chi connectivity index (χ1v) is 8.65. The van der Waals surface area contributed by atoms with Crippen molar-refractivity contribution < 1.29 is 23.5 Å². The number of amides is 3. The van der Waals surface area contributed by atoms with Crippen LogP contribution in [0.5, 0.6) is 5.75 Å². The first-order valence-electron chi connectivity index (χ1n) is 8.65. The number of hydrazine groups is 1. The van der Waals surface area contributed by atoms with Crippen molar-refractivity contribution in [2.75, 3.05) is 0 Å². The number of carbonyl (C=O) groups is 3. The van der Waals surface area contributed by atoms with Gasteiger partial charge in [0.1, 0.15) is 17.6 Å². The quantitative estimate of drug-likeness (QED) is 0.660. The second-order valence-electron chi connectivity index (χ2n) is 6.26. The summed E-state index contributed by atoms with van der Waals surface area (Å²) in [5.74, 6) is -1.70. The monoisotopic (exact) mass is 387 g/mol. The van der Waals surface area contributed by atoms with Crippen LogP contribution in [-0.4, -0.2) is 29.9 Å². The van der Waals surface area contributed by atoms with Crippen molar-refractivity contribution in [2.24, 2.45) is 0 Å². The van der Waals surface area contributed by atoms with E-state index >= 15 is 0 Å². The molecular weight excluding hydrogens is 365 g/mol. The summed E-state index contributed by atoms with van der Waals surface area (Å²) in [6.45, 7) is 4.83. The minimum atomic E-state index is -0.928. The van der Waals surface area contributed by atoms with E-state index in [-0.39, 0.29) is 0 Å². The lowest BCUT2D eigenvalue weighted by Gasteiger charge is -2.17. The molecule has 2 atom stereocenters. The standard InChI is InChI=1S/C20H22FN3O4/c1-12-5-4-6-15(11-12)20(27)22-13(2)18(25)23-24-19(26)14(3)28-17-9-7-16(21)8-10-17/h4-11,13-14H,1-3H3,(H,22,27)(H,23,25)(H,24,26)/t13-,14+/m0/s1. The van der Waals surface area contributed by atoms with Crippen LogP contribution < -0.4 is 20.9 Å². The van der Waals surface area contributed by atoms with E-state index in [0.29, 0.717) is 11.3 Å². The maximum absolute atomic E-state index is 12.9. The number of aryl methyl sites for hydroxylation is 1. The number of halogens is 1. The van der Waals surface area contributed by atoms with Gasteiger partial charge in [-0.2, -0.15) is 0 Å². The van der Waals surface area contributed by atoms with Crippen molar-refractivity contribution in [1.82, 2.24) is 16.2 Å². The lowest BCUT2D eigenvalue weighted by molar-refractivity contribution is -0.133. The van der Waals surface area contributed by atoms with Gasteiger partial charge in [-0.15, -0.1) is 0 Å². The molecule has 8 heteroatoms. The highest BCUT2D eigenvalue weighted by Gasteiger charge is 2.19. The smallest absolute Gasteiger partial charge is 0.279 e. The Hall–Kier alpha value is -3.42. The van der Waals surface area contributed by atoms with Gasteiger partial charge < -0.3 is 10.1 Å². The highest BCUT2D eigenvalue weighted by atomic mass is 19.1. The fourth-order valence-corrected chi connectivity index (χ4v) is 2.24. The van der Waals surface area contributed by atoms with Crippen LogP contribution in [-0.2, 0) is 9.59 Å². The van der Waals surface area contributed by atoms with Gasteiger partial charge in [0, 0.05) is 5.56 Å². The molecule has 0 bridgehead atoms. The number of ether oxygens (including phenoxy) is 1. The van der Waals surface area contributed by atoms with Gasteiger partial charge in [-0.3, -0.25) is 25.2 Å². The number of rotatable bonds is 6. The molecule has 0 aliphatic carbocycles. The van der Waals surface area contributed by atoms with Crippen LogP contribution in [0.25, 0.3) is 0 Å². The Morgan fingerprint density at radius 2 is 1.61 bits per heavy atom. The molecule has 0 aromatic heterocycles. The highest BCUT2D eigenvalue weighted by molar-refractivity contribution is 5.97. The molecule has 0 aliphatic rings. The third-order valence-electron chi connectivity index (χ3n) is 3.83. The second-order valence-corrected chi connectivity index (χ2v) is 6.26. The van der Waals surface area contributed by atoms with Crippen LogP contribution in [0.3, 0.4) is 0 Å². The van der Waals surface area contributed by atoms with Crippen molar-refractivity contribution in [2.45, 2.75) is 32.9 Å². The van der Waals surface area contributed by atoms with Crippen LogP contribution in [0, 0.1) is 12.7 Å². The molecule has 148 valence electrons. The Morgan fingerprint density at radius 1 is 0.964 bits per heavy atom. The van der Waals surface area contributed by atoms with E-state index in [1.807, 2.05) is 13.0 Å². The summed E-state index contributed by atoms with van der Waals surface area (Å²) in [4.78, 5) is 36.2. The predicted octanol–water partition coefficient (Wildman–Crippen LogP) is 1.87. The van der Waals surface area contributed by atoms with E-state index in [9.17, 15) is 18.8 Å². The zero-order valence-electron chi connectivity index (χ0n) is 15.8. The average molecular weight is 387 g/mol. The van der Waals surface area contributed by atoms with Gasteiger partial charge in [0.15, 0.2) is 6.10 Å². The Balaban J connectivity index is 1.80. The Bertz CT molecular complexity index is 855. The van der Waals surface area contributed by atoms with Gasteiger partial charge >= 0.3 is 0 Å². The van der Waals surface area contributed by atoms with Crippen molar-refractivity contribution in [3.8, 4) is 5.75 Å².